The second-order valence-electron chi connectivity index (χ2n) is 5.80. The summed E-state index contributed by atoms with van der Waals surface area (Å²) in [6.45, 7) is 6.13. The minimum atomic E-state index is -0.751. The van der Waals surface area contributed by atoms with Gasteiger partial charge in [0, 0.05) is 32.5 Å². The molecule has 1 saturated heterocycles. The number of likely N-dealkylation sites (tertiary alicyclic amines) is 1. The Balaban J connectivity index is 2.23. The zero-order valence-electron chi connectivity index (χ0n) is 12.6. The van der Waals surface area contributed by atoms with E-state index in [0.29, 0.717) is 25.4 Å². The summed E-state index contributed by atoms with van der Waals surface area (Å²) in [4.78, 5) is 24.6. The maximum Gasteiger partial charge on any atom is 0.303 e. The fourth-order valence-electron chi connectivity index (χ4n) is 2.56. The van der Waals surface area contributed by atoms with E-state index in [1.165, 1.54) is 0 Å². The topological polar surface area (TPSA) is 66.8 Å². The number of ether oxygens (including phenoxy) is 1. The molecule has 1 unspecified atom stereocenters. The summed E-state index contributed by atoms with van der Waals surface area (Å²) in [6.07, 6.45) is 4.39. The van der Waals surface area contributed by atoms with Gasteiger partial charge in [0.1, 0.15) is 0 Å². The Kier molecular flexibility index (Phi) is 7.59. The molecular weight excluding hydrogens is 258 g/mol. The van der Waals surface area contributed by atoms with Crippen LogP contribution in [0.5, 0.6) is 0 Å². The van der Waals surface area contributed by atoms with Gasteiger partial charge in [-0.2, -0.15) is 0 Å². The van der Waals surface area contributed by atoms with Gasteiger partial charge in [0.2, 0.25) is 5.91 Å². The Morgan fingerprint density at radius 1 is 1.35 bits per heavy atom. The van der Waals surface area contributed by atoms with E-state index in [1.807, 2.05) is 18.7 Å². The third-order valence-corrected chi connectivity index (χ3v) is 3.62. The molecule has 0 spiro atoms. The van der Waals surface area contributed by atoms with Crippen LogP contribution in [0.3, 0.4) is 0 Å². The predicted octanol–water partition coefficient (Wildman–Crippen LogP) is 2.29. The van der Waals surface area contributed by atoms with Gasteiger partial charge in [0.05, 0.1) is 6.10 Å². The normalized spacial score (nSPS) is 19.4. The zero-order chi connectivity index (χ0) is 15.0. The highest BCUT2D eigenvalue weighted by molar-refractivity contribution is 5.76. The maximum atomic E-state index is 12.1. The Labute approximate surface area is 121 Å². The summed E-state index contributed by atoms with van der Waals surface area (Å²) in [5.74, 6) is -0.229. The second kappa shape index (κ2) is 8.95. The number of carbonyl (C=O) groups is 2. The third-order valence-electron chi connectivity index (χ3n) is 3.62. The van der Waals surface area contributed by atoms with E-state index in [9.17, 15) is 9.59 Å². The minimum absolute atomic E-state index is 0.178. The lowest BCUT2D eigenvalue weighted by molar-refractivity contribution is -0.137. The Morgan fingerprint density at radius 2 is 2.10 bits per heavy atom. The van der Waals surface area contributed by atoms with Crippen molar-refractivity contribution in [2.24, 2.45) is 5.92 Å². The number of piperidine rings is 1. The average molecular weight is 285 g/mol. The largest absolute Gasteiger partial charge is 0.481 e. The molecule has 20 heavy (non-hydrogen) atoms. The van der Waals surface area contributed by atoms with Crippen LogP contribution in [-0.2, 0) is 14.3 Å². The first-order valence-electron chi connectivity index (χ1n) is 7.60. The van der Waals surface area contributed by atoms with Gasteiger partial charge in [-0.1, -0.05) is 0 Å². The molecule has 0 bridgehead atoms. The number of nitrogens with zero attached hydrogens (tertiary/aromatic N) is 1. The van der Waals surface area contributed by atoms with Gasteiger partial charge in [-0.3, -0.25) is 9.59 Å². The summed E-state index contributed by atoms with van der Waals surface area (Å²) < 4.78 is 5.43. The summed E-state index contributed by atoms with van der Waals surface area (Å²) in [6, 6.07) is 0. The molecule has 0 saturated carbocycles. The molecule has 1 atom stereocenters. The molecule has 0 radical (unpaired) electrons. The highest BCUT2D eigenvalue weighted by Gasteiger charge is 2.23. The molecule has 116 valence electrons. The van der Waals surface area contributed by atoms with E-state index in [1.54, 1.807) is 0 Å². The average Bonchev–Trinajstić information content (AvgIpc) is 2.41. The minimum Gasteiger partial charge on any atom is -0.481 e. The van der Waals surface area contributed by atoms with Crippen molar-refractivity contribution < 1.29 is 19.4 Å². The highest BCUT2D eigenvalue weighted by Crippen LogP contribution is 2.21. The van der Waals surface area contributed by atoms with Crippen molar-refractivity contribution >= 4 is 11.9 Å². The number of amides is 1. The summed E-state index contributed by atoms with van der Waals surface area (Å²) in [5.41, 5.74) is 0. The zero-order valence-corrected chi connectivity index (χ0v) is 12.6. The standard InChI is InChI=1S/C15H27NO4/c1-12(2)20-10-4-6-14(17)16-9-3-5-13(11-16)7-8-15(18)19/h12-13H,3-11H2,1-2H3,(H,18,19). The number of carbonyl (C=O) groups excluding carboxylic acids is 1. The molecule has 0 aliphatic carbocycles. The number of hydrogen-bond acceptors (Lipinski definition) is 3. The first kappa shape index (κ1) is 17.0. The van der Waals surface area contributed by atoms with E-state index < -0.39 is 5.97 Å². The fourth-order valence-corrected chi connectivity index (χ4v) is 2.56. The number of hydrogen-bond donors (Lipinski definition) is 1. The first-order chi connectivity index (χ1) is 9.49. The fraction of sp³-hybridized carbons (Fsp3) is 0.867. The second-order valence-corrected chi connectivity index (χ2v) is 5.80. The van der Waals surface area contributed by atoms with E-state index in [4.69, 9.17) is 9.84 Å². The monoisotopic (exact) mass is 285 g/mol. The molecule has 1 N–H and O–H groups in total. The van der Waals surface area contributed by atoms with Crippen LogP contribution in [0.2, 0.25) is 0 Å². The van der Waals surface area contributed by atoms with Gasteiger partial charge in [0.15, 0.2) is 0 Å². The van der Waals surface area contributed by atoms with Gasteiger partial charge in [0.25, 0.3) is 0 Å². The van der Waals surface area contributed by atoms with Crippen LogP contribution < -0.4 is 0 Å². The van der Waals surface area contributed by atoms with Crippen LogP contribution in [0.1, 0.15) is 52.4 Å². The Morgan fingerprint density at radius 3 is 2.75 bits per heavy atom. The molecule has 0 aromatic carbocycles. The van der Waals surface area contributed by atoms with Crippen LogP contribution in [0, 0.1) is 5.92 Å². The van der Waals surface area contributed by atoms with E-state index >= 15 is 0 Å². The number of carboxylic acid groups (broad SMARTS) is 1. The summed E-state index contributed by atoms with van der Waals surface area (Å²) in [7, 11) is 0. The third kappa shape index (κ3) is 6.89. The highest BCUT2D eigenvalue weighted by atomic mass is 16.5. The molecule has 1 heterocycles. The lowest BCUT2D eigenvalue weighted by Crippen LogP contribution is -2.40. The molecule has 0 aromatic rings. The summed E-state index contributed by atoms with van der Waals surface area (Å²) in [5, 5.41) is 8.71. The molecule has 1 rings (SSSR count). The van der Waals surface area contributed by atoms with Gasteiger partial charge < -0.3 is 14.7 Å². The smallest absolute Gasteiger partial charge is 0.303 e. The SMILES string of the molecule is CC(C)OCCCC(=O)N1CCCC(CCC(=O)O)C1. The predicted molar refractivity (Wildman–Crippen MR) is 76.5 cm³/mol. The van der Waals surface area contributed by atoms with E-state index in [-0.39, 0.29) is 18.4 Å². The molecule has 1 aliphatic heterocycles. The van der Waals surface area contributed by atoms with Gasteiger partial charge in [-0.15, -0.1) is 0 Å². The van der Waals surface area contributed by atoms with E-state index in [0.717, 1.165) is 32.4 Å². The summed E-state index contributed by atoms with van der Waals surface area (Å²) >= 11 is 0. The molecule has 1 aliphatic rings. The van der Waals surface area contributed by atoms with Crippen LogP contribution in [0.15, 0.2) is 0 Å². The lowest BCUT2D eigenvalue weighted by Gasteiger charge is -2.32. The lowest BCUT2D eigenvalue weighted by atomic mass is 9.93. The van der Waals surface area contributed by atoms with Crippen LogP contribution >= 0.6 is 0 Å². The molecule has 1 fully saturated rings. The van der Waals surface area contributed by atoms with Crippen molar-refractivity contribution in [3.8, 4) is 0 Å². The van der Waals surface area contributed by atoms with Crippen LogP contribution in [0.4, 0.5) is 0 Å². The van der Waals surface area contributed by atoms with Gasteiger partial charge in [-0.25, -0.2) is 0 Å². The van der Waals surface area contributed by atoms with E-state index in [2.05, 4.69) is 0 Å². The van der Waals surface area contributed by atoms with Crippen molar-refractivity contribution in [3.05, 3.63) is 0 Å². The van der Waals surface area contributed by atoms with Crippen molar-refractivity contribution in [1.29, 1.82) is 0 Å². The van der Waals surface area contributed by atoms with Crippen molar-refractivity contribution in [2.75, 3.05) is 19.7 Å². The Bertz CT molecular complexity index is 317. The quantitative estimate of drug-likeness (QED) is 0.695. The number of aliphatic carboxylic acids is 1. The molecular formula is C15H27NO4. The van der Waals surface area contributed by atoms with Crippen LogP contribution in [0.25, 0.3) is 0 Å². The molecule has 0 aromatic heterocycles. The Hall–Kier alpha value is -1.10. The number of rotatable bonds is 8. The van der Waals surface area contributed by atoms with Gasteiger partial charge in [-0.05, 0) is 45.4 Å². The number of carboxylic acids is 1. The van der Waals surface area contributed by atoms with Crippen molar-refractivity contribution in [3.63, 3.8) is 0 Å². The maximum absolute atomic E-state index is 12.1. The first-order valence-corrected chi connectivity index (χ1v) is 7.60. The molecule has 5 heteroatoms. The van der Waals surface area contributed by atoms with Crippen molar-refractivity contribution in [1.82, 2.24) is 4.90 Å². The van der Waals surface area contributed by atoms with Crippen molar-refractivity contribution in [2.45, 2.75) is 58.5 Å². The van der Waals surface area contributed by atoms with Crippen LogP contribution in [-0.4, -0.2) is 47.7 Å². The molecule has 1 amide bonds. The molecule has 5 nitrogen and oxygen atoms in total. The van der Waals surface area contributed by atoms with Gasteiger partial charge >= 0.3 is 5.97 Å².